The van der Waals surface area contributed by atoms with Crippen LogP contribution in [0.1, 0.15) is 59.3 Å². The summed E-state index contributed by atoms with van der Waals surface area (Å²) in [7, 11) is 0.208. The maximum Gasteiger partial charge on any atom is 0.191 e. The molecule has 20 heavy (non-hydrogen) atoms. The van der Waals surface area contributed by atoms with Gasteiger partial charge in [0.25, 0.3) is 0 Å². The molecule has 3 nitrogen and oxygen atoms in total. The fourth-order valence-corrected chi connectivity index (χ4v) is 3.44. The lowest BCUT2D eigenvalue weighted by Gasteiger charge is -2.36. The van der Waals surface area contributed by atoms with E-state index >= 15 is 0 Å². The van der Waals surface area contributed by atoms with Crippen molar-refractivity contribution in [2.24, 2.45) is 0 Å². The molecular formula is C16H34O3Si. The van der Waals surface area contributed by atoms with Gasteiger partial charge in [-0.1, -0.05) is 27.2 Å². The summed E-state index contributed by atoms with van der Waals surface area (Å²) in [6, 6.07) is 0. The van der Waals surface area contributed by atoms with Crippen LogP contribution in [0.15, 0.2) is 0 Å². The van der Waals surface area contributed by atoms with Gasteiger partial charge >= 0.3 is 0 Å². The summed E-state index contributed by atoms with van der Waals surface area (Å²) in [5.41, 5.74) is 0. The fraction of sp³-hybridized carbons (Fsp3) is 1.00. The van der Waals surface area contributed by atoms with Crippen LogP contribution in [0.5, 0.6) is 0 Å². The van der Waals surface area contributed by atoms with Crippen molar-refractivity contribution in [1.82, 2.24) is 0 Å². The molecule has 1 atom stereocenters. The minimum atomic E-state index is -1.56. The van der Waals surface area contributed by atoms with Crippen molar-refractivity contribution in [3.63, 3.8) is 0 Å². The van der Waals surface area contributed by atoms with Gasteiger partial charge in [-0.25, -0.2) is 0 Å². The molecular weight excluding hydrogens is 268 g/mol. The summed E-state index contributed by atoms with van der Waals surface area (Å²) in [6.07, 6.45) is 6.69. The first-order valence-corrected chi connectivity index (χ1v) is 11.0. The molecule has 0 saturated carbocycles. The number of methoxy groups -OCH3 is 1. The first-order valence-electron chi connectivity index (χ1n) is 8.06. The van der Waals surface area contributed by atoms with E-state index in [9.17, 15) is 0 Å². The Morgan fingerprint density at radius 3 is 2.35 bits per heavy atom. The van der Waals surface area contributed by atoms with Gasteiger partial charge in [0.1, 0.15) is 0 Å². The van der Waals surface area contributed by atoms with Crippen LogP contribution < -0.4 is 0 Å². The molecule has 0 amide bonds. The largest absolute Gasteiger partial charge is 0.417 e. The molecule has 0 aromatic rings. The third-order valence-electron chi connectivity index (χ3n) is 4.91. The van der Waals surface area contributed by atoms with Crippen LogP contribution in [0.4, 0.5) is 0 Å². The van der Waals surface area contributed by atoms with Gasteiger partial charge in [-0.05, 0) is 37.4 Å². The molecule has 0 aliphatic carbocycles. The lowest BCUT2D eigenvalue weighted by Crippen LogP contribution is -2.40. The quantitative estimate of drug-likeness (QED) is 0.479. The summed E-state index contributed by atoms with van der Waals surface area (Å²) in [5, 5.41) is 0.310. The number of unbranched alkanes of at least 4 members (excludes halogenated alkanes) is 2. The van der Waals surface area contributed by atoms with Crippen molar-refractivity contribution < 1.29 is 13.9 Å². The number of rotatable bonds is 8. The van der Waals surface area contributed by atoms with Crippen LogP contribution in [0.25, 0.3) is 0 Å². The van der Waals surface area contributed by atoms with E-state index in [0.29, 0.717) is 5.04 Å². The molecule has 0 bridgehead atoms. The van der Waals surface area contributed by atoms with E-state index in [1.54, 1.807) is 7.11 Å². The van der Waals surface area contributed by atoms with Gasteiger partial charge in [0.15, 0.2) is 14.1 Å². The van der Waals surface area contributed by atoms with E-state index in [0.717, 1.165) is 45.3 Å². The van der Waals surface area contributed by atoms with Gasteiger partial charge in [-0.15, -0.1) is 0 Å². The molecule has 120 valence electrons. The Bertz CT molecular complexity index is 272. The summed E-state index contributed by atoms with van der Waals surface area (Å²) < 4.78 is 17.5. The van der Waals surface area contributed by atoms with E-state index in [2.05, 4.69) is 33.9 Å². The zero-order chi connectivity index (χ0) is 15.3. The minimum absolute atomic E-state index is 0.277. The Labute approximate surface area is 126 Å². The Hall–Kier alpha value is 0.0969. The maximum absolute atomic E-state index is 6.19. The van der Waals surface area contributed by atoms with Gasteiger partial charge in [0, 0.05) is 26.6 Å². The first kappa shape index (κ1) is 18.1. The average Bonchev–Trinajstić information content (AvgIpc) is 2.81. The molecule has 1 heterocycles. The van der Waals surface area contributed by atoms with Gasteiger partial charge in [-0.2, -0.15) is 0 Å². The maximum atomic E-state index is 6.19. The molecule has 1 unspecified atom stereocenters. The van der Waals surface area contributed by atoms with Crippen LogP contribution in [0, 0.1) is 0 Å². The molecule has 0 aromatic heterocycles. The molecule has 0 radical (unpaired) electrons. The molecule has 0 spiro atoms. The Morgan fingerprint density at radius 2 is 1.85 bits per heavy atom. The van der Waals surface area contributed by atoms with Crippen molar-refractivity contribution in [2.75, 3.05) is 20.3 Å². The molecule has 4 heteroatoms. The van der Waals surface area contributed by atoms with Crippen LogP contribution >= 0.6 is 0 Å². The molecule has 1 saturated heterocycles. The lowest BCUT2D eigenvalue weighted by molar-refractivity contribution is -0.197. The average molecular weight is 303 g/mol. The van der Waals surface area contributed by atoms with E-state index in [4.69, 9.17) is 13.9 Å². The summed E-state index contributed by atoms with van der Waals surface area (Å²) in [4.78, 5) is 0. The SMILES string of the molecule is COC1(CCCCCO[Si](C)(C)C(C)(C)C)CCCO1. The van der Waals surface area contributed by atoms with Crippen molar-refractivity contribution in [3.05, 3.63) is 0 Å². The predicted molar refractivity (Wildman–Crippen MR) is 86.5 cm³/mol. The topological polar surface area (TPSA) is 27.7 Å². The smallest absolute Gasteiger partial charge is 0.191 e. The molecule has 0 N–H and O–H groups in total. The highest BCUT2D eigenvalue weighted by Crippen LogP contribution is 2.36. The van der Waals surface area contributed by atoms with Crippen LogP contribution in [0.2, 0.25) is 18.1 Å². The molecule has 0 aromatic carbocycles. The first-order chi connectivity index (χ1) is 9.22. The third kappa shape index (κ3) is 5.13. The Morgan fingerprint density at radius 1 is 1.15 bits per heavy atom. The monoisotopic (exact) mass is 302 g/mol. The zero-order valence-electron chi connectivity index (χ0n) is 14.4. The molecule has 1 rings (SSSR count). The van der Waals surface area contributed by atoms with E-state index in [1.807, 2.05) is 0 Å². The number of hydrogen-bond acceptors (Lipinski definition) is 3. The van der Waals surface area contributed by atoms with Gasteiger partial charge in [0.05, 0.1) is 6.61 Å². The Balaban J connectivity index is 2.14. The summed E-state index contributed by atoms with van der Waals surface area (Å²) in [5.74, 6) is -0.277. The predicted octanol–water partition coefficient (Wildman–Crippen LogP) is 4.72. The fourth-order valence-electron chi connectivity index (χ4n) is 2.35. The summed E-state index contributed by atoms with van der Waals surface area (Å²) in [6.45, 7) is 13.3. The summed E-state index contributed by atoms with van der Waals surface area (Å²) >= 11 is 0. The normalized spacial score (nSPS) is 24.3. The highest BCUT2D eigenvalue weighted by Gasteiger charge is 2.37. The van der Waals surface area contributed by atoms with E-state index < -0.39 is 8.32 Å². The van der Waals surface area contributed by atoms with Gasteiger partial charge in [0.2, 0.25) is 0 Å². The molecule has 1 fully saturated rings. The standard InChI is InChI=1S/C16H34O3Si/c1-15(2,3)20(5,6)19-14-9-7-8-11-16(17-4)12-10-13-18-16/h7-14H2,1-6H3. The highest BCUT2D eigenvalue weighted by molar-refractivity contribution is 6.74. The number of hydrogen-bond donors (Lipinski definition) is 0. The third-order valence-corrected chi connectivity index (χ3v) is 9.45. The van der Waals surface area contributed by atoms with Crippen LogP contribution in [-0.4, -0.2) is 34.4 Å². The lowest BCUT2D eigenvalue weighted by atomic mass is 10.0. The van der Waals surface area contributed by atoms with Gasteiger partial charge < -0.3 is 13.9 Å². The van der Waals surface area contributed by atoms with Crippen LogP contribution in [0.3, 0.4) is 0 Å². The van der Waals surface area contributed by atoms with Gasteiger partial charge in [-0.3, -0.25) is 0 Å². The molecule has 1 aliphatic heterocycles. The minimum Gasteiger partial charge on any atom is -0.417 e. The highest BCUT2D eigenvalue weighted by atomic mass is 28.4. The second-order valence-corrected chi connectivity index (χ2v) is 12.3. The number of ether oxygens (including phenoxy) is 2. The van der Waals surface area contributed by atoms with Crippen molar-refractivity contribution in [1.29, 1.82) is 0 Å². The zero-order valence-corrected chi connectivity index (χ0v) is 15.4. The van der Waals surface area contributed by atoms with Crippen molar-refractivity contribution in [2.45, 2.75) is 83.2 Å². The Kier molecular flexibility index (Phi) is 6.70. The second kappa shape index (κ2) is 7.39. The van der Waals surface area contributed by atoms with E-state index in [-0.39, 0.29) is 5.79 Å². The van der Waals surface area contributed by atoms with E-state index in [1.165, 1.54) is 6.42 Å². The van der Waals surface area contributed by atoms with Crippen LogP contribution in [-0.2, 0) is 13.9 Å². The second-order valence-electron chi connectivity index (χ2n) is 7.49. The molecule has 1 aliphatic rings. The van der Waals surface area contributed by atoms with Crippen molar-refractivity contribution in [3.8, 4) is 0 Å². The van der Waals surface area contributed by atoms with Crippen molar-refractivity contribution >= 4 is 8.32 Å².